The van der Waals surface area contributed by atoms with Crippen molar-refractivity contribution in [3.8, 4) is 0 Å². The molecule has 0 saturated heterocycles. The molecule has 0 saturated carbocycles. The molecule has 27 heavy (non-hydrogen) atoms. The second-order valence-electron chi connectivity index (χ2n) is 6.92. The maximum absolute atomic E-state index is 12.3. The third-order valence-electron chi connectivity index (χ3n) is 4.48. The van der Waals surface area contributed by atoms with Crippen LogP contribution in [0.4, 0.5) is 5.69 Å². The summed E-state index contributed by atoms with van der Waals surface area (Å²) in [4.78, 5) is 12.3. The Hall–Kier alpha value is -2.34. The van der Waals surface area contributed by atoms with E-state index < -0.39 is 10.0 Å². The number of carbonyl (C=O) groups excluding carboxylic acids is 1. The van der Waals surface area contributed by atoms with Gasteiger partial charge in [-0.05, 0) is 50.5 Å². The van der Waals surface area contributed by atoms with Gasteiger partial charge in [0.15, 0.2) is 0 Å². The van der Waals surface area contributed by atoms with Crippen LogP contribution < -0.4 is 9.62 Å². The molecular weight excluding hydrogens is 360 g/mol. The average molecular weight is 389 g/mol. The summed E-state index contributed by atoms with van der Waals surface area (Å²) in [5, 5.41) is 3.00. The van der Waals surface area contributed by atoms with Gasteiger partial charge in [-0.2, -0.15) is 0 Å². The molecule has 1 atom stereocenters. The van der Waals surface area contributed by atoms with E-state index in [1.807, 2.05) is 39.0 Å². The number of benzene rings is 2. The van der Waals surface area contributed by atoms with Gasteiger partial charge < -0.3 is 5.32 Å². The Bertz CT molecular complexity index is 880. The van der Waals surface area contributed by atoms with E-state index >= 15 is 0 Å². The van der Waals surface area contributed by atoms with Crippen molar-refractivity contribution in [2.45, 2.75) is 39.7 Å². The van der Waals surface area contributed by atoms with Crippen molar-refractivity contribution in [2.75, 3.05) is 17.1 Å². The minimum atomic E-state index is -3.39. The van der Waals surface area contributed by atoms with E-state index in [1.54, 1.807) is 24.3 Å². The fourth-order valence-corrected chi connectivity index (χ4v) is 4.13. The maximum Gasteiger partial charge on any atom is 0.232 e. The first kappa shape index (κ1) is 21.0. The highest BCUT2D eigenvalue weighted by molar-refractivity contribution is 7.92. The summed E-state index contributed by atoms with van der Waals surface area (Å²) in [7, 11) is -3.39. The Morgan fingerprint density at radius 2 is 1.78 bits per heavy atom. The smallest absolute Gasteiger partial charge is 0.232 e. The van der Waals surface area contributed by atoms with E-state index in [4.69, 9.17) is 0 Å². The van der Waals surface area contributed by atoms with Gasteiger partial charge in [-0.15, -0.1) is 0 Å². The van der Waals surface area contributed by atoms with Gasteiger partial charge in [0.25, 0.3) is 0 Å². The third-order valence-corrected chi connectivity index (χ3v) is 5.67. The van der Waals surface area contributed by atoms with Crippen molar-refractivity contribution in [1.82, 2.24) is 5.32 Å². The number of rotatable bonds is 8. The molecule has 0 radical (unpaired) electrons. The van der Waals surface area contributed by atoms with Gasteiger partial charge >= 0.3 is 0 Å². The van der Waals surface area contributed by atoms with Crippen LogP contribution in [0.3, 0.4) is 0 Å². The van der Waals surface area contributed by atoms with Crippen LogP contribution in [-0.4, -0.2) is 27.1 Å². The predicted molar refractivity (Wildman–Crippen MR) is 110 cm³/mol. The Balaban J connectivity index is 1.92. The lowest BCUT2D eigenvalue weighted by molar-refractivity contribution is -0.121. The molecular formula is C21H28N2O3S. The number of amides is 1. The molecule has 0 spiro atoms. The summed E-state index contributed by atoms with van der Waals surface area (Å²) in [6, 6.07) is 15.0. The topological polar surface area (TPSA) is 66.5 Å². The zero-order chi connectivity index (χ0) is 20.0. The number of aryl methyl sites for hydroxylation is 2. The molecule has 0 heterocycles. The summed E-state index contributed by atoms with van der Waals surface area (Å²) < 4.78 is 25.5. The molecule has 2 rings (SSSR count). The molecule has 2 aromatic carbocycles. The first-order chi connectivity index (χ1) is 12.7. The van der Waals surface area contributed by atoms with Crippen LogP contribution in [0.25, 0.3) is 0 Å². The molecule has 1 amide bonds. The molecule has 0 aliphatic rings. The Kier molecular flexibility index (Phi) is 7.02. The number of sulfonamides is 1. The minimum Gasteiger partial charge on any atom is -0.350 e. The van der Waals surface area contributed by atoms with E-state index in [-0.39, 0.29) is 24.9 Å². The lowest BCUT2D eigenvalue weighted by Gasteiger charge is -2.22. The summed E-state index contributed by atoms with van der Waals surface area (Å²) in [6.45, 7) is 6.31. The first-order valence-corrected chi connectivity index (χ1v) is 10.9. The van der Waals surface area contributed by atoms with E-state index in [0.29, 0.717) is 12.1 Å². The Morgan fingerprint density at radius 1 is 1.11 bits per heavy atom. The SMILES string of the molecule is Cc1ccc([C@H](C)NC(=O)CCCN(c2ccccc2)S(C)(=O)=O)c(C)c1. The number of hydrogen-bond acceptors (Lipinski definition) is 3. The molecule has 0 aliphatic carbocycles. The number of para-hydroxylation sites is 1. The van der Waals surface area contributed by atoms with Gasteiger partial charge in [0.1, 0.15) is 0 Å². The van der Waals surface area contributed by atoms with Gasteiger partial charge in [0.2, 0.25) is 15.9 Å². The van der Waals surface area contributed by atoms with Gasteiger partial charge in [-0.3, -0.25) is 9.10 Å². The third kappa shape index (κ3) is 6.10. The minimum absolute atomic E-state index is 0.0796. The van der Waals surface area contributed by atoms with Crippen molar-refractivity contribution in [2.24, 2.45) is 0 Å². The quantitative estimate of drug-likeness (QED) is 0.749. The summed E-state index contributed by atoms with van der Waals surface area (Å²) >= 11 is 0. The fourth-order valence-electron chi connectivity index (χ4n) is 3.17. The van der Waals surface area contributed by atoms with Crippen LogP contribution in [0.1, 0.15) is 42.5 Å². The van der Waals surface area contributed by atoms with E-state index in [1.165, 1.54) is 16.1 Å². The van der Waals surface area contributed by atoms with Gasteiger partial charge in [0.05, 0.1) is 18.0 Å². The highest BCUT2D eigenvalue weighted by Gasteiger charge is 2.18. The second kappa shape index (κ2) is 9.04. The number of nitrogens with zero attached hydrogens (tertiary/aromatic N) is 1. The van der Waals surface area contributed by atoms with Crippen molar-refractivity contribution in [3.63, 3.8) is 0 Å². The molecule has 2 aromatic rings. The van der Waals surface area contributed by atoms with Crippen LogP contribution in [0, 0.1) is 13.8 Å². The van der Waals surface area contributed by atoms with E-state index in [9.17, 15) is 13.2 Å². The van der Waals surface area contributed by atoms with Crippen LogP contribution in [-0.2, 0) is 14.8 Å². The Labute approximate surface area is 162 Å². The number of nitrogens with one attached hydrogen (secondary N) is 1. The van der Waals surface area contributed by atoms with Gasteiger partial charge in [0, 0.05) is 13.0 Å². The molecule has 1 N–H and O–H groups in total. The van der Waals surface area contributed by atoms with Crippen LogP contribution >= 0.6 is 0 Å². The van der Waals surface area contributed by atoms with E-state index in [0.717, 1.165) is 11.1 Å². The van der Waals surface area contributed by atoms with Crippen LogP contribution in [0.5, 0.6) is 0 Å². The lowest BCUT2D eigenvalue weighted by Crippen LogP contribution is -2.32. The molecule has 6 heteroatoms. The zero-order valence-electron chi connectivity index (χ0n) is 16.4. The highest BCUT2D eigenvalue weighted by Crippen LogP contribution is 2.20. The van der Waals surface area contributed by atoms with Crippen LogP contribution in [0.15, 0.2) is 48.5 Å². The normalized spacial score (nSPS) is 12.4. The average Bonchev–Trinajstić information content (AvgIpc) is 2.58. The monoisotopic (exact) mass is 388 g/mol. The number of carbonyl (C=O) groups is 1. The van der Waals surface area contributed by atoms with Crippen molar-refractivity contribution >= 4 is 21.6 Å². The van der Waals surface area contributed by atoms with Crippen molar-refractivity contribution in [3.05, 3.63) is 65.2 Å². The molecule has 0 aromatic heterocycles. The number of anilines is 1. The van der Waals surface area contributed by atoms with Gasteiger partial charge in [-0.25, -0.2) is 8.42 Å². The molecule has 0 bridgehead atoms. The molecule has 0 unspecified atom stereocenters. The fraction of sp³-hybridized carbons (Fsp3) is 0.381. The molecule has 146 valence electrons. The van der Waals surface area contributed by atoms with Crippen molar-refractivity contribution in [1.29, 1.82) is 0 Å². The summed E-state index contributed by atoms with van der Waals surface area (Å²) in [5.74, 6) is -0.0796. The summed E-state index contributed by atoms with van der Waals surface area (Å²) in [5.41, 5.74) is 4.05. The lowest BCUT2D eigenvalue weighted by atomic mass is 10.00. The molecule has 5 nitrogen and oxygen atoms in total. The van der Waals surface area contributed by atoms with Crippen molar-refractivity contribution < 1.29 is 13.2 Å². The first-order valence-electron chi connectivity index (χ1n) is 9.08. The van der Waals surface area contributed by atoms with Gasteiger partial charge in [-0.1, -0.05) is 42.0 Å². The largest absolute Gasteiger partial charge is 0.350 e. The zero-order valence-corrected chi connectivity index (χ0v) is 17.2. The summed E-state index contributed by atoms with van der Waals surface area (Å²) in [6.07, 6.45) is 1.91. The molecule has 0 fully saturated rings. The van der Waals surface area contributed by atoms with E-state index in [2.05, 4.69) is 11.4 Å². The Morgan fingerprint density at radius 3 is 2.37 bits per heavy atom. The highest BCUT2D eigenvalue weighted by atomic mass is 32.2. The standard InChI is InChI=1S/C21H28N2O3S/c1-16-12-13-20(17(2)15-16)18(3)22-21(24)11-8-14-23(27(4,25)26)19-9-6-5-7-10-19/h5-7,9-10,12-13,15,18H,8,11,14H2,1-4H3,(H,22,24)/t18-/m0/s1. The predicted octanol–water partition coefficient (Wildman–Crippen LogP) is 3.73. The maximum atomic E-state index is 12.3. The molecule has 0 aliphatic heterocycles. The number of hydrogen-bond donors (Lipinski definition) is 1. The second-order valence-corrected chi connectivity index (χ2v) is 8.83. The van der Waals surface area contributed by atoms with Crippen LogP contribution in [0.2, 0.25) is 0 Å².